The Morgan fingerprint density at radius 2 is 1.75 bits per heavy atom. The van der Waals surface area contributed by atoms with Crippen molar-refractivity contribution in [3.05, 3.63) is 24.3 Å². The zero-order chi connectivity index (χ0) is 14.7. The van der Waals surface area contributed by atoms with Gasteiger partial charge < -0.3 is 11.1 Å². The summed E-state index contributed by atoms with van der Waals surface area (Å²) < 4.78 is 26.4. The highest BCUT2D eigenvalue weighted by atomic mass is 35.5. The number of nitrogens with two attached hydrogens (primary N) is 1. The van der Waals surface area contributed by atoms with Gasteiger partial charge in [0.05, 0.1) is 4.90 Å². The predicted molar refractivity (Wildman–Crippen MR) is 81.4 cm³/mol. The van der Waals surface area contributed by atoms with E-state index < -0.39 is 15.6 Å². The molecule has 0 bridgehead atoms. The van der Waals surface area contributed by atoms with E-state index in [1.54, 1.807) is 13.8 Å². The number of nitrogens with one attached hydrogen (secondary N) is 2. The van der Waals surface area contributed by atoms with E-state index in [0.717, 1.165) is 0 Å². The number of carbonyl (C=O) groups excluding carboxylic acids is 1. The van der Waals surface area contributed by atoms with Crippen molar-refractivity contribution in [3.63, 3.8) is 0 Å². The summed E-state index contributed by atoms with van der Waals surface area (Å²) in [5.41, 5.74) is 5.65. The number of hydrogen-bond donors (Lipinski definition) is 3. The lowest BCUT2D eigenvalue weighted by molar-refractivity contribution is -0.114. The minimum Gasteiger partial charge on any atom is -0.326 e. The molecule has 0 radical (unpaired) electrons. The van der Waals surface area contributed by atoms with E-state index in [4.69, 9.17) is 5.73 Å². The van der Waals surface area contributed by atoms with E-state index in [2.05, 4.69) is 10.0 Å². The van der Waals surface area contributed by atoms with Crippen molar-refractivity contribution in [1.82, 2.24) is 4.72 Å². The molecule has 0 heterocycles. The lowest BCUT2D eigenvalue weighted by atomic mass is 10.1. The van der Waals surface area contributed by atoms with Crippen molar-refractivity contribution in [3.8, 4) is 0 Å². The van der Waals surface area contributed by atoms with Crippen LogP contribution in [0.15, 0.2) is 29.2 Å². The van der Waals surface area contributed by atoms with E-state index >= 15 is 0 Å². The SMILES string of the molecule is CC(=O)Nc1ccc(S(=O)(=O)NCC(C)(C)N)cc1.Cl. The summed E-state index contributed by atoms with van der Waals surface area (Å²) in [6.45, 7) is 4.99. The maximum atomic E-state index is 12.0. The number of anilines is 1. The zero-order valence-electron chi connectivity index (χ0n) is 11.6. The second kappa shape index (κ2) is 7.03. The first-order valence-electron chi connectivity index (χ1n) is 5.76. The molecular formula is C12H20ClN3O3S. The number of benzene rings is 1. The summed E-state index contributed by atoms with van der Waals surface area (Å²) >= 11 is 0. The van der Waals surface area contributed by atoms with Gasteiger partial charge in [-0.05, 0) is 38.1 Å². The number of carbonyl (C=O) groups is 1. The Labute approximate surface area is 125 Å². The standard InChI is InChI=1S/C12H19N3O3S.ClH/c1-9(16)15-10-4-6-11(7-5-10)19(17,18)14-8-12(2,3)13;/h4-7,14H,8,13H2,1-3H3,(H,15,16);1H. The highest BCUT2D eigenvalue weighted by Gasteiger charge is 2.18. The molecule has 1 aromatic carbocycles. The highest BCUT2D eigenvalue weighted by molar-refractivity contribution is 7.89. The van der Waals surface area contributed by atoms with E-state index in [1.807, 2.05) is 0 Å². The average molecular weight is 322 g/mol. The maximum absolute atomic E-state index is 12.0. The Morgan fingerprint density at radius 3 is 2.15 bits per heavy atom. The number of amides is 1. The molecule has 0 aromatic heterocycles. The first-order valence-corrected chi connectivity index (χ1v) is 7.25. The third-order valence-electron chi connectivity index (χ3n) is 2.20. The lowest BCUT2D eigenvalue weighted by Gasteiger charge is -2.19. The molecule has 0 spiro atoms. The molecular weight excluding hydrogens is 302 g/mol. The highest BCUT2D eigenvalue weighted by Crippen LogP contribution is 2.14. The number of rotatable bonds is 5. The fourth-order valence-corrected chi connectivity index (χ4v) is 2.51. The molecule has 6 nitrogen and oxygen atoms in total. The van der Waals surface area contributed by atoms with Crippen LogP contribution in [0.5, 0.6) is 0 Å². The van der Waals surface area contributed by atoms with Gasteiger partial charge in [-0.2, -0.15) is 0 Å². The zero-order valence-corrected chi connectivity index (χ0v) is 13.3. The lowest BCUT2D eigenvalue weighted by Crippen LogP contribution is -2.45. The average Bonchev–Trinajstić information content (AvgIpc) is 2.26. The number of hydrogen-bond acceptors (Lipinski definition) is 4. The van der Waals surface area contributed by atoms with E-state index in [1.165, 1.54) is 31.2 Å². The maximum Gasteiger partial charge on any atom is 0.240 e. The number of sulfonamides is 1. The normalized spacial score (nSPS) is 11.6. The molecule has 0 saturated carbocycles. The predicted octanol–water partition coefficient (Wildman–Crippen LogP) is 1.08. The van der Waals surface area contributed by atoms with Gasteiger partial charge >= 0.3 is 0 Å². The summed E-state index contributed by atoms with van der Waals surface area (Å²) in [6, 6.07) is 5.92. The van der Waals surface area contributed by atoms with Crippen molar-refractivity contribution in [2.24, 2.45) is 5.73 Å². The molecule has 20 heavy (non-hydrogen) atoms. The second-order valence-corrected chi connectivity index (χ2v) is 6.79. The van der Waals surface area contributed by atoms with Crippen LogP contribution in [0, 0.1) is 0 Å². The molecule has 0 aliphatic heterocycles. The van der Waals surface area contributed by atoms with Crippen LogP contribution < -0.4 is 15.8 Å². The van der Waals surface area contributed by atoms with Gasteiger partial charge in [0.2, 0.25) is 15.9 Å². The van der Waals surface area contributed by atoms with Gasteiger partial charge in [-0.1, -0.05) is 0 Å². The van der Waals surface area contributed by atoms with Gasteiger partial charge in [0, 0.05) is 24.7 Å². The van der Waals surface area contributed by atoms with Crippen molar-refractivity contribution >= 4 is 34.0 Å². The fraction of sp³-hybridized carbons (Fsp3) is 0.417. The summed E-state index contributed by atoms with van der Waals surface area (Å²) in [6.07, 6.45) is 0. The van der Waals surface area contributed by atoms with Gasteiger partial charge in [-0.3, -0.25) is 4.79 Å². The van der Waals surface area contributed by atoms with Crippen molar-refractivity contribution in [1.29, 1.82) is 0 Å². The molecule has 0 aliphatic carbocycles. The summed E-state index contributed by atoms with van der Waals surface area (Å²) in [5.74, 6) is -0.210. The molecule has 0 fully saturated rings. The van der Waals surface area contributed by atoms with Crippen LogP contribution in [0.4, 0.5) is 5.69 Å². The molecule has 0 aliphatic rings. The molecule has 114 valence electrons. The molecule has 0 atom stereocenters. The van der Waals surface area contributed by atoms with E-state index in [-0.39, 0.29) is 29.8 Å². The molecule has 1 amide bonds. The fourth-order valence-electron chi connectivity index (χ4n) is 1.29. The summed E-state index contributed by atoms with van der Waals surface area (Å²) in [5, 5.41) is 2.57. The van der Waals surface area contributed by atoms with Gasteiger partial charge in [-0.25, -0.2) is 13.1 Å². The summed E-state index contributed by atoms with van der Waals surface area (Å²) in [4.78, 5) is 11.0. The third-order valence-corrected chi connectivity index (χ3v) is 3.62. The minimum atomic E-state index is -3.58. The van der Waals surface area contributed by atoms with Gasteiger partial charge in [0.15, 0.2) is 0 Å². The molecule has 8 heteroatoms. The van der Waals surface area contributed by atoms with Crippen LogP contribution in [0.3, 0.4) is 0 Å². The smallest absolute Gasteiger partial charge is 0.240 e. The first-order chi connectivity index (χ1) is 8.60. The van der Waals surface area contributed by atoms with Crippen LogP contribution >= 0.6 is 12.4 Å². The Bertz CT molecular complexity index is 550. The van der Waals surface area contributed by atoms with E-state index in [0.29, 0.717) is 5.69 Å². The quantitative estimate of drug-likeness (QED) is 0.755. The molecule has 0 saturated heterocycles. The first kappa shape index (κ1) is 18.9. The third kappa shape index (κ3) is 6.33. The van der Waals surface area contributed by atoms with Crippen molar-refractivity contribution < 1.29 is 13.2 Å². The van der Waals surface area contributed by atoms with Gasteiger partial charge in [-0.15, -0.1) is 12.4 Å². The molecule has 0 unspecified atom stereocenters. The van der Waals surface area contributed by atoms with Crippen LogP contribution in [-0.2, 0) is 14.8 Å². The largest absolute Gasteiger partial charge is 0.326 e. The Morgan fingerprint density at radius 1 is 1.25 bits per heavy atom. The van der Waals surface area contributed by atoms with Gasteiger partial charge in [0.1, 0.15) is 0 Å². The van der Waals surface area contributed by atoms with Crippen LogP contribution in [0.1, 0.15) is 20.8 Å². The Balaban J connectivity index is 0.00000361. The minimum absolute atomic E-state index is 0. The Hall–Kier alpha value is -1.15. The molecule has 1 rings (SSSR count). The van der Waals surface area contributed by atoms with Crippen molar-refractivity contribution in [2.75, 3.05) is 11.9 Å². The monoisotopic (exact) mass is 321 g/mol. The Kier molecular flexibility index (Phi) is 6.63. The van der Waals surface area contributed by atoms with Crippen molar-refractivity contribution in [2.45, 2.75) is 31.2 Å². The van der Waals surface area contributed by atoms with Crippen LogP contribution in [0.25, 0.3) is 0 Å². The van der Waals surface area contributed by atoms with E-state index in [9.17, 15) is 13.2 Å². The molecule has 1 aromatic rings. The number of halogens is 1. The van der Waals surface area contributed by atoms with Gasteiger partial charge in [0.25, 0.3) is 0 Å². The second-order valence-electron chi connectivity index (χ2n) is 5.02. The van der Waals surface area contributed by atoms with Crippen LogP contribution in [-0.4, -0.2) is 26.4 Å². The topological polar surface area (TPSA) is 101 Å². The van der Waals surface area contributed by atoms with Crippen LogP contribution in [0.2, 0.25) is 0 Å². The molecule has 4 N–H and O–H groups in total. The summed E-state index contributed by atoms with van der Waals surface area (Å²) in [7, 11) is -3.58.